The third kappa shape index (κ3) is 3.34. The molecule has 2 unspecified atom stereocenters. The van der Waals surface area contributed by atoms with E-state index in [0.29, 0.717) is 17.1 Å². The molecular weight excluding hydrogens is 310 g/mol. The maximum absolute atomic E-state index is 12.0. The van der Waals surface area contributed by atoms with Crippen LogP contribution in [-0.2, 0) is 14.9 Å². The van der Waals surface area contributed by atoms with E-state index in [1.807, 2.05) is 49.7 Å². The van der Waals surface area contributed by atoms with E-state index in [-0.39, 0.29) is 5.97 Å². The summed E-state index contributed by atoms with van der Waals surface area (Å²) in [7, 11) is 0. The van der Waals surface area contributed by atoms with Gasteiger partial charge in [-0.15, -0.1) is 23.1 Å². The SMILES string of the molecule is CCOC(=O)C(C)(C)c1csc(C2SCCSC2C)n1. The Kier molecular flexibility index (Phi) is 5.42. The molecule has 1 aromatic rings. The summed E-state index contributed by atoms with van der Waals surface area (Å²) in [6.07, 6.45) is 0. The van der Waals surface area contributed by atoms with Gasteiger partial charge in [0.2, 0.25) is 0 Å². The highest BCUT2D eigenvalue weighted by molar-refractivity contribution is 8.06. The van der Waals surface area contributed by atoms with Gasteiger partial charge in [-0.05, 0) is 20.8 Å². The molecular formula is C14H21NO2S3. The van der Waals surface area contributed by atoms with Crippen LogP contribution in [0.2, 0.25) is 0 Å². The molecule has 0 amide bonds. The number of rotatable bonds is 4. The molecule has 112 valence electrons. The summed E-state index contributed by atoms with van der Waals surface area (Å²) in [5, 5.41) is 4.18. The molecule has 0 aromatic carbocycles. The molecule has 1 aliphatic heterocycles. The largest absolute Gasteiger partial charge is 0.465 e. The van der Waals surface area contributed by atoms with Crippen molar-refractivity contribution >= 4 is 40.8 Å². The van der Waals surface area contributed by atoms with Crippen LogP contribution in [0.15, 0.2) is 5.38 Å². The first-order valence-corrected chi connectivity index (χ1v) is 9.81. The van der Waals surface area contributed by atoms with Crippen LogP contribution in [0.3, 0.4) is 0 Å². The average Bonchev–Trinajstić information content (AvgIpc) is 2.89. The summed E-state index contributed by atoms with van der Waals surface area (Å²) in [6, 6.07) is 0. The molecule has 0 spiro atoms. The van der Waals surface area contributed by atoms with Gasteiger partial charge in [0.1, 0.15) is 10.4 Å². The topological polar surface area (TPSA) is 39.2 Å². The fourth-order valence-corrected chi connectivity index (χ4v) is 6.19. The summed E-state index contributed by atoms with van der Waals surface area (Å²) < 4.78 is 5.15. The number of carbonyl (C=O) groups excluding carboxylic acids is 1. The lowest BCUT2D eigenvalue weighted by Crippen LogP contribution is -2.31. The predicted molar refractivity (Wildman–Crippen MR) is 88.9 cm³/mol. The number of aromatic nitrogens is 1. The quantitative estimate of drug-likeness (QED) is 0.783. The van der Waals surface area contributed by atoms with Crippen molar-refractivity contribution in [2.75, 3.05) is 18.1 Å². The van der Waals surface area contributed by atoms with Gasteiger partial charge in [-0.1, -0.05) is 6.92 Å². The van der Waals surface area contributed by atoms with Gasteiger partial charge in [-0.25, -0.2) is 4.98 Å². The van der Waals surface area contributed by atoms with E-state index in [1.54, 1.807) is 11.3 Å². The number of hydrogen-bond acceptors (Lipinski definition) is 6. The zero-order valence-corrected chi connectivity index (χ0v) is 14.8. The molecule has 1 aromatic heterocycles. The van der Waals surface area contributed by atoms with Crippen molar-refractivity contribution in [2.24, 2.45) is 0 Å². The molecule has 0 N–H and O–H groups in total. The normalized spacial score (nSPS) is 23.6. The predicted octanol–water partition coefficient (Wildman–Crippen LogP) is 3.89. The van der Waals surface area contributed by atoms with Crippen LogP contribution >= 0.6 is 34.9 Å². The fourth-order valence-electron chi connectivity index (χ4n) is 2.03. The zero-order chi connectivity index (χ0) is 14.8. The van der Waals surface area contributed by atoms with Gasteiger partial charge in [-0.3, -0.25) is 4.79 Å². The molecule has 0 saturated carbocycles. The van der Waals surface area contributed by atoms with Crippen LogP contribution in [0.1, 0.15) is 43.6 Å². The van der Waals surface area contributed by atoms with Gasteiger partial charge in [-0.2, -0.15) is 11.8 Å². The van der Waals surface area contributed by atoms with Crippen LogP contribution in [0, 0.1) is 0 Å². The van der Waals surface area contributed by atoms with Crippen LogP contribution in [0.25, 0.3) is 0 Å². The third-order valence-electron chi connectivity index (χ3n) is 3.38. The highest BCUT2D eigenvalue weighted by Gasteiger charge is 2.35. The number of ether oxygens (including phenoxy) is 1. The minimum atomic E-state index is -0.666. The molecule has 20 heavy (non-hydrogen) atoms. The lowest BCUT2D eigenvalue weighted by molar-refractivity contribution is -0.148. The lowest BCUT2D eigenvalue weighted by Gasteiger charge is -2.26. The first-order valence-electron chi connectivity index (χ1n) is 6.83. The number of thiazole rings is 1. The van der Waals surface area contributed by atoms with Crippen molar-refractivity contribution in [3.8, 4) is 0 Å². The van der Waals surface area contributed by atoms with Gasteiger partial charge in [0, 0.05) is 22.1 Å². The van der Waals surface area contributed by atoms with Gasteiger partial charge >= 0.3 is 5.97 Å². The van der Waals surface area contributed by atoms with Crippen molar-refractivity contribution in [1.29, 1.82) is 0 Å². The van der Waals surface area contributed by atoms with Crippen LogP contribution in [-0.4, -0.2) is 34.3 Å². The standard InChI is InChI=1S/C14H21NO2S3/c1-5-17-13(16)14(3,4)10-8-20-12(15-10)11-9(2)18-6-7-19-11/h8-9,11H,5-7H2,1-4H3. The minimum Gasteiger partial charge on any atom is -0.465 e. The van der Waals surface area contributed by atoms with E-state index in [4.69, 9.17) is 9.72 Å². The van der Waals surface area contributed by atoms with Crippen molar-refractivity contribution in [3.05, 3.63) is 16.1 Å². The second-order valence-electron chi connectivity index (χ2n) is 5.28. The van der Waals surface area contributed by atoms with Gasteiger partial charge < -0.3 is 4.74 Å². The maximum Gasteiger partial charge on any atom is 0.317 e. The molecule has 2 heterocycles. The second kappa shape index (κ2) is 6.71. The van der Waals surface area contributed by atoms with Crippen molar-refractivity contribution in [1.82, 2.24) is 4.98 Å². The highest BCUT2D eigenvalue weighted by atomic mass is 32.2. The smallest absolute Gasteiger partial charge is 0.317 e. The van der Waals surface area contributed by atoms with Crippen LogP contribution in [0.4, 0.5) is 0 Å². The molecule has 0 bridgehead atoms. The Morgan fingerprint density at radius 3 is 2.80 bits per heavy atom. The average molecular weight is 332 g/mol. The fraction of sp³-hybridized carbons (Fsp3) is 0.714. The number of carbonyl (C=O) groups is 1. The van der Waals surface area contributed by atoms with Gasteiger partial charge in [0.15, 0.2) is 0 Å². The van der Waals surface area contributed by atoms with E-state index in [1.165, 1.54) is 11.5 Å². The van der Waals surface area contributed by atoms with E-state index < -0.39 is 5.41 Å². The van der Waals surface area contributed by atoms with Crippen molar-refractivity contribution in [3.63, 3.8) is 0 Å². The molecule has 3 nitrogen and oxygen atoms in total. The lowest BCUT2D eigenvalue weighted by atomic mass is 9.90. The molecule has 2 atom stereocenters. The maximum atomic E-state index is 12.0. The summed E-state index contributed by atoms with van der Waals surface area (Å²) in [5.74, 6) is 2.20. The van der Waals surface area contributed by atoms with Gasteiger partial charge in [0.05, 0.1) is 17.6 Å². The summed E-state index contributed by atoms with van der Waals surface area (Å²) in [6.45, 7) is 8.27. The zero-order valence-electron chi connectivity index (χ0n) is 12.3. The summed E-state index contributed by atoms with van der Waals surface area (Å²) in [4.78, 5) is 16.8. The summed E-state index contributed by atoms with van der Waals surface area (Å²) in [5.41, 5.74) is 0.167. The second-order valence-corrected chi connectivity index (χ2v) is 8.91. The number of nitrogens with zero attached hydrogens (tertiary/aromatic N) is 1. The molecule has 0 radical (unpaired) electrons. The Morgan fingerprint density at radius 1 is 1.45 bits per heavy atom. The van der Waals surface area contributed by atoms with E-state index in [2.05, 4.69) is 6.92 Å². The first kappa shape index (κ1) is 16.2. The Hall–Kier alpha value is -0.200. The van der Waals surface area contributed by atoms with Crippen LogP contribution in [0.5, 0.6) is 0 Å². The number of thioether (sulfide) groups is 2. The minimum absolute atomic E-state index is 0.199. The van der Waals surface area contributed by atoms with E-state index in [9.17, 15) is 4.79 Å². The molecule has 1 saturated heterocycles. The number of hydrogen-bond donors (Lipinski definition) is 0. The third-order valence-corrected chi connectivity index (χ3v) is 7.56. The van der Waals surface area contributed by atoms with E-state index >= 15 is 0 Å². The monoisotopic (exact) mass is 331 g/mol. The number of esters is 1. The molecule has 1 aliphatic rings. The Bertz CT molecular complexity index is 473. The first-order chi connectivity index (χ1) is 9.46. The Labute approximate surface area is 133 Å². The molecule has 6 heteroatoms. The highest BCUT2D eigenvalue weighted by Crippen LogP contribution is 2.44. The Balaban J connectivity index is 2.17. The summed E-state index contributed by atoms with van der Waals surface area (Å²) >= 11 is 5.65. The molecule has 2 rings (SSSR count). The molecule has 0 aliphatic carbocycles. The van der Waals surface area contributed by atoms with Gasteiger partial charge in [0.25, 0.3) is 0 Å². The van der Waals surface area contributed by atoms with Crippen molar-refractivity contribution < 1.29 is 9.53 Å². The van der Waals surface area contributed by atoms with E-state index in [0.717, 1.165) is 10.7 Å². The van der Waals surface area contributed by atoms with Crippen molar-refractivity contribution in [2.45, 2.75) is 43.6 Å². The molecule has 1 fully saturated rings. The Morgan fingerprint density at radius 2 is 2.15 bits per heavy atom. The van der Waals surface area contributed by atoms with Crippen LogP contribution < -0.4 is 0 Å².